The standard InChI is InChI=1S/C17H24N8O2/c1-11-19-13(22-27-11)10-23-5-7-24(8-6-23)16-20-14-12(15(26)21-16)9-18-25(14)17(2,3)4/h9H,5-8,10H2,1-4H3,(H,20,21,26). The Morgan fingerprint density at radius 2 is 1.93 bits per heavy atom. The van der Waals surface area contributed by atoms with Gasteiger partial charge in [-0.15, -0.1) is 0 Å². The third kappa shape index (κ3) is 3.44. The summed E-state index contributed by atoms with van der Waals surface area (Å²) in [5, 5.41) is 8.82. The second kappa shape index (κ2) is 6.45. The molecule has 3 aromatic heterocycles. The third-order valence-corrected chi connectivity index (χ3v) is 4.67. The lowest BCUT2D eigenvalue weighted by atomic mass is 10.1. The molecule has 10 nitrogen and oxygen atoms in total. The fourth-order valence-electron chi connectivity index (χ4n) is 3.27. The van der Waals surface area contributed by atoms with E-state index in [4.69, 9.17) is 9.51 Å². The van der Waals surface area contributed by atoms with Gasteiger partial charge in [-0.3, -0.25) is 14.7 Å². The molecule has 1 fully saturated rings. The Morgan fingerprint density at radius 3 is 2.56 bits per heavy atom. The molecule has 1 aliphatic rings. The summed E-state index contributed by atoms with van der Waals surface area (Å²) in [6.07, 6.45) is 1.58. The van der Waals surface area contributed by atoms with E-state index < -0.39 is 0 Å². The first kappa shape index (κ1) is 17.7. The molecule has 10 heteroatoms. The van der Waals surface area contributed by atoms with E-state index in [9.17, 15) is 4.79 Å². The zero-order chi connectivity index (χ0) is 19.2. The molecule has 1 saturated heterocycles. The lowest BCUT2D eigenvalue weighted by Gasteiger charge is -2.34. The first-order valence-corrected chi connectivity index (χ1v) is 9.06. The third-order valence-electron chi connectivity index (χ3n) is 4.67. The second-order valence-electron chi connectivity index (χ2n) is 7.85. The predicted molar refractivity (Wildman–Crippen MR) is 99.7 cm³/mol. The monoisotopic (exact) mass is 372 g/mol. The molecule has 144 valence electrons. The summed E-state index contributed by atoms with van der Waals surface area (Å²) >= 11 is 0. The van der Waals surface area contributed by atoms with Crippen molar-refractivity contribution in [2.75, 3.05) is 31.1 Å². The van der Waals surface area contributed by atoms with Crippen molar-refractivity contribution in [2.24, 2.45) is 0 Å². The quantitative estimate of drug-likeness (QED) is 0.722. The van der Waals surface area contributed by atoms with Gasteiger partial charge in [0.25, 0.3) is 5.56 Å². The number of aryl methyl sites for hydroxylation is 1. The summed E-state index contributed by atoms with van der Waals surface area (Å²) in [6.45, 7) is 11.7. The van der Waals surface area contributed by atoms with Crippen LogP contribution in [0.1, 0.15) is 32.5 Å². The maximum atomic E-state index is 12.5. The van der Waals surface area contributed by atoms with Crippen LogP contribution in [0.15, 0.2) is 15.5 Å². The SMILES string of the molecule is Cc1nc(CN2CCN(c3nc4c(cnn4C(C)(C)C)c(=O)[nH]3)CC2)no1. The van der Waals surface area contributed by atoms with Crippen LogP contribution in [0.3, 0.4) is 0 Å². The van der Waals surface area contributed by atoms with E-state index in [0.717, 1.165) is 26.2 Å². The molecular formula is C17H24N8O2. The van der Waals surface area contributed by atoms with Crippen molar-refractivity contribution in [2.45, 2.75) is 39.8 Å². The van der Waals surface area contributed by atoms with Crippen LogP contribution in [0.2, 0.25) is 0 Å². The van der Waals surface area contributed by atoms with Crippen LogP contribution in [0.25, 0.3) is 11.0 Å². The average molecular weight is 372 g/mol. The van der Waals surface area contributed by atoms with Crippen molar-refractivity contribution in [3.05, 3.63) is 28.3 Å². The fraction of sp³-hybridized carbons (Fsp3) is 0.588. The van der Waals surface area contributed by atoms with Gasteiger partial charge in [-0.05, 0) is 20.8 Å². The molecule has 0 bridgehead atoms. The molecular weight excluding hydrogens is 348 g/mol. The smallest absolute Gasteiger partial charge is 0.263 e. The Balaban J connectivity index is 1.52. The van der Waals surface area contributed by atoms with Crippen molar-refractivity contribution in [3.63, 3.8) is 0 Å². The number of anilines is 1. The van der Waals surface area contributed by atoms with Crippen molar-refractivity contribution in [1.29, 1.82) is 0 Å². The molecule has 1 N–H and O–H groups in total. The number of nitrogens with zero attached hydrogens (tertiary/aromatic N) is 7. The van der Waals surface area contributed by atoms with Gasteiger partial charge in [0, 0.05) is 33.1 Å². The Labute approximate surface area is 156 Å². The van der Waals surface area contributed by atoms with Crippen LogP contribution in [0.5, 0.6) is 0 Å². The van der Waals surface area contributed by atoms with E-state index in [1.807, 2.05) is 20.8 Å². The molecule has 27 heavy (non-hydrogen) atoms. The highest BCUT2D eigenvalue weighted by Gasteiger charge is 2.24. The first-order valence-electron chi connectivity index (χ1n) is 9.06. The van der Waals surface area contributed by atoms with Crippen LogP contribution >= 0.6 is 0 Å². The molecule has 3 aromatic rings. The van der Waals surface area contributed by atoms with Crippen molar-refractivity contribution >= 4 is 17.0 Å². The van der Waals surface area contributed by atoms with E-state index >= 15 is 0 Å². The number of hydrogen-bond acceptors (Lipinski definition) is 8. The van der Waals surface area contributed by atoms with E-state index in [1.54, 1.807) is 17.8 Å². The highest BCUT2D eigenvalue weighted by atomic mass is 16.5. The van der Waals surface area contributed by atoms with Crippen LogP contribution < -0.4 is 10.5 Å². The topological polar surface area (TPSA) is 109 Å². The van der Waals surface area contributed by atoms with Crippen LogP contribution in [0.4, 0.5) is 5.95 Å². The van der Waals surface area contributed by atoms with Crippen molar-refractivity contribution < 1.29 is 4.52 Å². The lowest BCUT2D eigenvalue weighted by Crippen LogP contribution is -2.47. The molecule has 0 amide bonds. The minimum absolute atomic E-state index is 0.157. The van der Waals surface area contributed by atoms with E-state index in [1.165, 1.54) is 0 Å². The molecule has 0 aromatic carbocycles. The minimum atomic E-state index is -0.249. The zero-order valence-corrected chi connectivity index (χ0v) is 16.1. The average Bonchev–Trinajstić information content (AvgIpc) is 3.21. The maximum absolute atomic E-state index is 12.5. The summed E-state index contributed by atoms with van der Waals surface area (Å²) in [6, 6.07) is 0. The van der Waals surface area contributed by atoms with Crippen LogP contribution in [0, 0.1) is 6.92 Å². The van der Waals surface area contributed by atoms with Crippen molar-refractivity contribution in [1.82, 2.24) is 34.8 Å². The number of fused-ring (bicyclic) bond motifs is 1. The number of aromatic nitrogens is 6. The molecule has 4 rings (SSSR count). The maximum Gasteiger partial charge on any atom is 0.263 e. The molecule has 0 spiro atoms. The summed E-state index contributed by atoms with van der Waals surface area (Å²) in [7, 11) is 0. The number of aromatic amines is 1. The van der Waals surface area contributed by atoms with Crippen molar-refractivity contribution in [3.8, 4) is 0 Å². The van der Waals surface area contributed by atoms with E-state index in [2.05, 4.69) is 30.0 Å². The number of nitrogens with one attached hydrogen (secondary N) is 1. The highest BCUT2D eigenvalue weighted by molar-refractivity contribution is 5.74. The van der Waals surface area contributed by atoms with Gasteiger partial charge in [0.1, 0.15) is 5.39 Å². The molecule has 1 aliphatic heterocycles. The van der Waals surface area contributed by atoms with Gasteiger partial charge in [0.05, 0.1) is 18.3 Å². The summed E-state index contributed by atoms with van der Waals surface area (Å²) in [4.78, 5) is 28.7. The highest BCUT2D eigenvalue weighted by Crippen LogP contribution is 2.20. The van der Waals surface area contributed by atoms with E-state index in [-0.39, 0.29) is 11.1 Å². The Kier molecular flexibility index (Phi) is 4.22. The van der Waals surface area contributed by atoms with Gasteiger partial charge in [-0.2, -0.15) is 15.1 Å². The number of piperazine rings is 1. The number of hydrogen-bond donors (Lipinski definition) is 1. The van der Waals surface area contributed by atoms with Crippen LogP contribution in [-0.4, -0.2) is 61.0 Å². The Hall–Kier alpha value is -2.75. The van der Waals surface area contributed by atoms with Gasteiger partial charge in [0.15, 0.2) is 11.5 Å². The molecule has 0 saturated carbocycles. The molecule has 0 atom stereocenters. The summed E-state index contributed by atoms with van der Waals surface area (Å²) < 4.78 is 6.83. The van der Waals surface area contributed by atoms with Gasteiger partial charge in [-0.1, -0.05) is 5.16 Å². The fourth-order valence-corrected chi connectivity index (χ4v) is 3.27. The number of H-pyrrole nitrogens is 1. The van der Waals surface area contributed by atoms with E-state index in [0.29, 0.717) is 35.2 Å². The Morgan fingerprint density at radius 1 is 1.19 bits per heavy atom. The molecule has 0 aliphatic carbocycles. The molecule has 0 unspecified atom stereocenters. The van der Waals surface area contributed by atoms with Gasteiger partial charge in [0.2, 0.25) is 11.8 Å². The largest absolute Gasteiger partial charge is 0.340 e. The molecule has 0 radical (unpaired) electrons. The minimum Gasteiger partial charge on any atom is -0.340 e. The van der Waals surface area contributed by atoms with Gasteiger partial charge >= 0.3 is 0 Å². The summed E-state index contributed by atoms with van der Waals surface area (Å²) in [5.41, 5.74) is 0.211. The number of rotatable bonds is 3. The second-order valence-corrected chi connectivity index (χ2v) is 7.85. The molecule has 4 heterocycles. The first-order chi connectivity index (χ1) is 12.8. The predicted octanol–water partition coefficient (Wildman–Crippen LogP) is 0.888. The van der Waals surface area contributed by atoms with Gasteiger partial charge in [-0.25, -0.2) is 4.68 Å². The van der Waals surface area contributed by atoms with Crippen LogP contribution in [-0.2, 0) is 12.1 Å². The summed E-state index contributed by atoms with van der Waals surface area (Å²) in [5.74, 6) is 1.87. The lowest BCUT2D eigenvalue weighted by molar-refractivity contribution is 0.239. The zero-order valence-electron chi connectivity index (χ0n) is 16.1. The van der Waals surface area contributed by atoms with Gasteiger partial charge < -0.3 is 9.42 Å². The Bertz CT molecular complexity index is 1000. The normalized spacial score (nSPS) is 16.4.